The summed E-state index contributed by atoms with van der Waals surface area (Å²) in [5, 5.41) is 9.46. The van der Waals surface area contributed by atoms with E-state index in [1.54, 1.807) is 24.3 Å². The Morgan fingerprint density at radius 2 is 1.91 bits per heavy atom. The highest BCUT2D eigenvalue weighted by Gasteiger charge is 2.16. The molecule has 0 saturated carbocycles. The molecule has 0 bridgehead atoms. The molecule has 0 radical (unpaired) electrons. The molecule has 0 aliphatic heterocycles. The predicted molar refractivity (Wildman–Crippen MR) is 85.9 cm³/mol. The van der Waals surface area contributed by atoms with Gasteiger partial charge in [-0.1, -0.05) is 30.3 Å². The highest BCUT2D eigenvalue weighted by Crippen LogP contribution is 2.24. The minimum absolute atomic E-state index is 0.130. The maximum absolute atomic E-state index is 11.9. The summed E-state index contributed by atoms with van der Waals surface area (Å²) in [6, 6.07) is 13.8. The Labute approximate surface area is 134 Å². The first kappa shape index (κ1) is 16.4. The summed E-state index contributed by atoms with van der Waals surface area (Å²) >= 11 is 0. The van der Waals surface area contributed by atoms with Gasteiger partial charge in [0.05, 0.1) is 20.5 Å². The summed E-state index contributed by atoms with van der Waals surface area (Å²) in [5.74, 6) is 0.178. The van der Waals surface area contributed by atoms with Crippen LogP contribution in [0.25, 0.3) is 5.57 Å². The molecule has 5 nitrogen and oxygen atoms in total. The lowest BCUT2D eigenvalue weighted by atomic mass is 10.0. The molecule has 0 heterocycles. The van der Waals surface area contributed by atoms with Gasteiger partial charge in [-0.15, -0.1) is 0 Å². The van der Waals surface area contributed by atoms with Gasteiger partial charge in [-0.3, -0.25) is 0 Å². The normalized spacial score (nSPS) is 11.0. The van der Waals surface area contributed by atoms with E-state index in [4.69, 9.17) is 14.2 Å². The molecule has 0 fully saturated rings. The second kappa shape index (κ2) is 7.89. The SMILES string of the molecule is COC=C(C(=O)OC)c1ccccc1COc1cccc(O)c1. The first-order chi connectivity index (χ1) is 11.2. The van der Waals surface area contributed by atoms with Crippen LogP contribution >= 0.6 is 0 Å². The Balaban J connectivity index is 2.26. The summed E-state index contributed by atoms with van der Waals surface area (Å²) in [6.45, 7) is 0.234. The third-order valence-electron chi connectivity index (χ3n) is 3.16. The van der Waals surface area contributed by atoms with Gasteiger partial charge in [0.1, 0.15) is 23.7 Å². The zero-order valence-corrected chi connectivity index (χ0v) is 13.0. The van der Waals surface area contributed by atoms with Crippen molar-refractivity contribution in [1.29, 1.82) is 0 Å². The van der Waals surface area contributed by atoms with Crippen LogP contribution in [0.15, 0.2) is 54.8 Å². The molecule has 23 heavy (non-hydrogen) atoms. The van der Waals surface area contributed by atoms with Crippen LogP contribution in [0.2, 0.25) is 0 Å². The molecule has 0 unspecified atom stereocenters. The molecule has 0 spiro atoms. The zero-order chi connectivity index (χ0) is 16.7. The maximum Gasteiger partial charge on any atom is 0.341 e. The number of benzene rings is 2. The number of phenolic OH excluding ortho intramolecular Hbond substituents is 1. The fourth-order valence-electron chi connectivity index (χ4n) is 2.09. The second-order valence-corrected chi connectivity index (χ2v) is 4.70. The van der Waals surface area contributed by atoms with Crippen LogP contribution < -0.4 is 4.74 Å². The Hall–Kier alpha value is -2.95. The van der Waals surface area contributed by atoms with Crippen LogP contribution in [0.5, 0.6) is 11.5 Å². The van der Waals surface area contributed by atoms with Crippen LogP contribution in [0, 0.1) is 0 Å². The van der Waals surface area contributed by atoms with Crippen molar-refractivity contribution in [1.82, 2.24) is 0 Å². The third kappa shape index (κ3) is 4.26. The molecule has 2 aromatic rings. The van der Waals surface area contributed by atoms with Gasteiger partial charge in [0.2, 0.25) is 0 Å². The second-order valence-electron chi connectivity index (χ2n) is 4.70. The first-order valence-corrected chi connectivity index (χ1v) is 6.97. The summed E-state index contributed by atoms with van der Waals surface area (Å²) in [6.07, 6.45) is 1.35. The van der Waals surface area contributed by atoms with Crippen LogP contribution in [-0.4, -0.2) is 25.3 Å². The number of carbonyl (C=O) groups excluding carboxylic acids is 1. The smallest absolute Gasteiger partial charge is 0.341 e. The van der Waals surface area contributed by atoms with Gasteiger partial charge < -0.3 is 19.3 Å². The fourth-order valence-corrected chi connectivity index (χ4v) is 2.09. The third-order valence-corrected chi connectivity index (χ3v) is 3.16. The molecule has 0 aromatic heterocycles. The van der Waals surface area contributed by atoms with Crippen molar-refractivity contribution in [3.8, 4) is 11.5 Å². The number of rotatable bonds is 6. The van der Waals surface area contributed by atoms with E-state index in [1.165, 1.54) is 26.5 Å². The first-order valence-electron chi connectivity index (χ1n) is 6.97. The van der Waals surface area contributed by atoms with E-state index in [2.05, 4.69) is 0 Å². The molecule has 0 amide bonds. The van der Waals surface area contributed by atoms with Gasteiger partial charge >= 0.3 is 5.97 Å². The highest BCUT2D eigenvalue weighted by molar-refractivity contribution is 6.16. The average Bonchev–Trinajstić information content (AvgIpc) is 2.58. The minimum atomic E-state index is -0.489. The number of hydrogen-bond donors (Lipinski definition) is 1. The Bertz CT molecular complexity index is 706. The molecule has 0 atom stereocenters. The van der Waals surface area contributed by atoms with Crippen LogP contribution in [-0.2, 0) is 20.9 Å². The molecule has 1 N–H and O–H groups in total. The van der Waals surface area contributed by atoms with E-state index in [0.717, 1.165) is 5.56 Å². The van der Waals surface area contributed by atoms with Crippen molar-refractivity contribution < 1.29 is 24.1 Å². The lowest BCUT2D eigenvalue weighted by Crippen LogP contribution is -2.08. The highest BCUT2D eigenvalue weighted by atomic mass is 16.5. The van der Waals surface area contributed by atoms with Gasteiger partial charge in [0.25, 0.3) is 0 Å². The summed E-state index contributed by atoms with van der Waals surface area (Å²) in [4.78, 5) is 11.9. The van der Waals surface area contributed by atoms with Crippen molar-refractivity contribution in [2.24, 2.45) is 0 Å². The van der Waals surface area contributed by atoms with E-state index >= 15 is 0 Å². The van der Waals surface area contributed by atoms with E-state index in [0.29, 0.717) is 16.9 Å². The standard InChI is InChI=1S/C18H18O5/c1-21-12-17(18(20)22-2)16-9-4-3-6-13(16)11-23-15-8-5-7-14(19)10-15/h3-10,12,19H,11H2,1-2H3. The molecule has 2 aromatic carbocycles. The molecular weight excluding hydrogens is 296 g/mol. The largest absolute Gasteiger partial charge is 0.508 e. The lowest BCUT2D eigenvalue weighted by Gasteiger charge is -2.12. The summed E-state index contributed by atoms with van der Waals surface area (Å²) in [7, 11) is 2.78. The number of phenols is 1. The van der Waals surface area contributed by atoms with Crippen LogP contribution in [0.1, 0.15) is 11.1 Å². The fraction of sp³-hybridized carbons (Fsp3) is 0.167. The molecule has 120 valence electrons. The molecule has 0 aliphatic rings. The minimum Gasteiger partial charge on any atom is -0.508 e. The van der Waals surface area contributed by atoms with Gasteiger partial charge in [-0.2, -0.15) is 0 Å². The van der Waals surface area contributed by atoms with Gasteiger partial charge in [-0.05, 0) is 23.3 Å². The molecule has 5 heteroatoms. The zero-order valence-electron chi connectivity index (χ0n) is 13.0. The number of ether oxygens (including phenoxy) is 3. The average molecular weight is 314 g/mol. The van der Waals surface area contributed by atoms with Gasteiger partial charge in [-0.25, -0.2) is 4.79 Å². The quantitative estimate of drug-likeness (QED) is 0.504. The number of aromatic hydroxyl groups is 1. The van der Waals surface area contributed by atoms with Crippen LogP contribution in [0.3, 0.4) is 0 Å². The predicted octanol–water partition coefficient (Wildman–Crippen LogP) is 3.13. The van der Waals surface area contributed by atoms with Gasteiger partial charge in [0.15, 0.2) is 0 Å². The number of hydrogen-bond acceptors (Lipinski definition) is 5. The lowest BCUT2D eigenvalue weighted by molar-refractivity contribution is -0.133. The monoisotopic (exact) mass is 314 g/mol. The van der Waals surface area contributed by atoms with E-state index in [9.17, 15) is 9.90 Å². The van der Waals surface area contributed by atoms with Crippen molar-refractivity contribution in [3.05, 3.63) is 65.9 Å². The number of carbonyl (C=O) groups is 1. The van der Waals surface area contributed by atoms with E-state index in [1.807, 2.05) is 18.2 Å². The van der Waals surface area contributed by atoms with Gasteiger partial charge in [0, 0.05) is 6.07 Å². The molecule has 0 aliphatic carbocycles. The number of methoxy groups -OCH3 is 2. The van der Waals surface area contributed by atoms with Crippen molar-refractivity contribution in [3.63, 3.8) is 0 Å². The van der Waals surface area contributed by atoms with Crippen molar-refractivity contribution in [2.45, 2.75) is 6.61 Å². The van der Waals surface area contributed by atoms with E-state index in [-0.39, 0.29) is 12.4 Å². The Morgan fingerprint density at radius 1 is 1.13 bits per heavy atom. The Morgan fingerprint density at radius 3 is 2.61 bits per heavy atom. The molecule has 0 saturated heterocycles. The van der Waals surface area contributed by atoms with Crippen molar-refractivity contribution in [2.75, 3.05) is 14.2 Å². The van der Waals surface area contributed by atoms with Crippen molar-refractivity contribution >= 4 is 11.5 Å². The topological polar surface area (TPSA) is 65.0 Å². The van der Waals surface area contributed by atoms with Crippen LogP contribution in [0.4, 0.5) is 0 Å². The maximum atomic E-state index is 11.9. The Kier molecular flexibility index (Phi) is 5.63. The molecular formula is C18H18O5. The number of esters is 1. The molecule has 2 rings (SSSR count). The summed E-state index contributed by atoms with van der Waals surface area (Å²) in [5.41, 5.74) is 1.77. The summed E-state index contributed by atoms with van der Waals surface area (Å²) < 4.78 is 15.4. The van der Waals surface area contributed by atoms with E-state index < -0.39 is 5.97 Å².